The number of hydrogen-bond donors (Lipinski definition) is 1. The molecule has 1 aromatic carbocycles. The van der Waals surface area contributed by atoms with Gasteiger partial charge in [0.15, 0.2) is 33.6 Å². The summed E-state index contributed by atoms with van der Waals surface area (Å²) in [6.07, 6.45) is 3.95. The summed E-state index contributed by atoms with van der Waals surface area (Å²) >= 11 is 5.15. The van der Waals surface area contributed by atoms with Crippen molar-refractivity contribution in [3.63, 3.8) is 0 Å². The van der Waals surface area contributed by atoms with Crippen LogP contribution < -0.4 is 15.2 Å². The number of nitrogens with zero attached hydrogens (tertiary/aromatic N) is 5. The van der Waals surface area contributed by atoms with E-state index in [4.69, 9.17) is 24.9 Å². The van der Waals surface area contributed by atoms with Crippen LogP contribution in [0.25, 0.3) is 11.2 Å². The fraction of sp³-hybridized carbons (Fsp3) is 0.478. The van der Waals surface area contributed by atoms with Crippen LogP contribution in [0.15, 0.2) is 33.0 Å². The monoisotopic (exact) mass is 562 g/mol. The molecule has 0 saturated carbocycles. The lowest BCUT2D eigenvalue weighted by molar-refractivity contribution is -0.142. The quantitative estimate of drug-likeness (QED) is 0.459. The Balaban J connectivity index is 1.33. The van der Waals surface area contributed by atoms with Gasteiger partial charge in [-0.2, -0.15) is 0 Å². The Labute approximate surface area is 215 Å². The number of halogens is 1. The topological polar surface area (TPSA) is 118 Å². The van der Waals surface area contributed by atoms with Gasteiger partial charge in [0, 0.05) is 36.1 Å². The Hall–Kier alpha value is -2.57. The zero-order chi connectivity index (χ0) is 24.5. The maximum atomic E-state index is 12.4. The number of rotatable bonds is 7. The highest BCUT2D eigenvalue weighted by atomic mass is 79.9. The molecule has 0 radical (unpaired) electrons. The summed E-state index contributed by atoms with van der Waals surface area (Å²) < 4.78 is 19.2. The van der Waals surface area contributed by atoms with Crippen LogP contribution >= 0.6 is 27.7 Å². The van der Waals surface area contributed by atoms with E-state index in [0.29, 0.717) is 23.0 Å². The van der Waals surface area contributed by atoms with Crippen LogP contribution in [-0.4, -0.2) is 63.4 Å². The third-order valence-electron chi connectivity index (χ3n) is 6.54. The number of methoxy groups -OCH3 is 1. The molecule has 1 fully saturated rings. The van der Waals surface area contributed by atoms with Gasteiger partial charge in [0.1, 0.15) is 12.4 Å². The molecular formula is C23H27BrN6O4S. The summed E-state index contributed by atoms with van der Waals surface area (Å²) in [6.45, 7) is 4.26. The molecule has 35 heavy (non-hydrogen) atoms. The smallest absolute Gasteiger partial charge is 0.251 e. The van der Waals surface area contributed by atoms with Gasteiger partial charge in [0.25, 0.3) is 5.91 Å². The van der Waals surface area contributed by atoms with Gasteiger partial charge < -0.3 is 29.4 Å². The molecule has 2 aliphatic rings. The van der Waals surface area contributed by atoms with Gasteiger partial charge in [-0.25, -0.2) is 15.0 Å². The van der Waals surface area contributed by atoms with Crippen molar-refractivity contribution in [3.8, 4) is 11.5 Å². The molecule has 0 spiro atoms. The van der Waals surface area contributed by atoms with Crippen molar-refractivity contribution in [2.45, 2.75) is 48.9 Å². The predicted octanol–water partition coefficient (Wildman–Crippen LogP) is 3.71. The number of imidazole rings is 1. The molecule has 5 rings (SSSR count). The maximum absolute atomic E-state index is 12.4. The predicted molar refractivity (Wildman–Crippen MR) is 135 cm³/mol. The Bertz CT molecular complexity index is 1250. The zero-order valence-electron chi connectivity index (χ0n) is 19.6. The number of carbonyl (C=O) groups is 1. The summed E-state index contributed by atoms with van der Waals surface area (Å²) in [7, 11) is 1.57. The van der Waals surface area contributed by atoms with Crippen LogP contribution in [0.3, 0.4) is 0 Å². The molecule has 1 atom stereocenters. The van der Waals surface area contributed by atoms with E-state index in [1.807, 2.05) is 17.0 Å². The SMILES string of the molecule is CO[C@H](C)C(=O)N1CCC(CCn2c(Sc3cc4c(cc3Br)OCO4)nc3c(N)ncnc32)CC1. The van der Waals surface area contributed by atoms with E-state index in [0.717, 1.165) is 64.8 Å². The normalized spacial score (nSPS) is 16.7. The summed E-state index contributed by atoms with van der Waals surface area (Å²) in [5, 5.41) is 0.785. The van der Waals surface area contributed by atoms with Crippen molar-refractivity contribution in [1.82, 2.24) is 24.4 Å². The van der Waals surface area contributed by atoms with Gasteiger partial charge in [-0.15, -0.1) is 0 Å². The maximum Gasteiger partial charge on any atom is 0.251 e. The molecule has 0 aliphatic carbocycles. The fourth-order valence-corrected chi connectivity index (χ4v) is 5.91. The minimum absolute atomic E-state index is 0.0618. The number of likely N-dealkylation sites (tertiary alicyclic amines) is 1. The molecule has 12 heteroatoms. The second-order valence-electron chi connectivity index (χ2n) is 8.65. The van der Waals surface area contributed by atoms with Gasteiger partial charge in [0.2, 0.25) is 6.79 Å². The molecular weight excluding hydrogens is 536 g/mol. The van der Waals surface area contributed by atoms with E-state index in [9.17, 15) is 4.79 Å². The van der Waals surface area contributed by atoms with Crippen molar-refractivity contribution in [2.75, 3.05) is 32.7 Å². The van der Waals surface area contributed by atoms with Crippen molar-refractivity contribution in [3.05, 3.63) is 22.9 Å². The van der Waals surface area contributed by atoms with E-state index >= 15 is 0 Å². The summed E-state index contributed by atoms with van der Waals surface area (Å²) in [6, 6.07) is 3.86. The van der Waals surface area contributed by atoms with Crippen LogP contribution in [0.2, 0.25) is 0 Å². The van der Waals surface area contributed by atoms with E-state index in [-0.39, 0.29) is 12.7 Å². The number of carbonyl (C=O) groups excluding carboxylic acids is 1. The highest BCUT2D eigenvalue weighted by Crippen LogP contribution is 2.43. The average Bonchev–Trinajstić information content (AvgIpc) is 3.47. The molecule has 4 heterocycles. The molecule has 3 aromatic rings. The van der Waals surface area contributed by atoms with Crippen molar-refractivity contribution in [1.29, 1.82) is 0 Å². The van der Waals surface area contributed by atoms with Gasteiger partial charge >= 0.3 is 0 Å². The number of aromatic nitrogens is 4. The van der Waals surface area contributed by atoms with Crippen LogP contribution in [0, 0.1) is 5.92 Å². The molecule has 10 nitrogen and oxygen atoms in total. The lowest BCUT2D eigenvalue weighted by Gasteiger charge is -2.33. The van der Waals surface area contributed by atoms with Gasteiger partial charge in [-0.05, 0) is 60.2 Å². The van der Waals surface area contributed by atoms with Gasteiger partial charge in [-0.3, -0.25) is 4.79 Å². The number of amides is 1. The average molecular weight is 563 g/mol. The highest BCUT2D eigenvalue weighted by Gasteiger charge is 2.27. The molecule has 2 aromatic heterocycles. The summed E-state index contributed by atoms with van der Waals surface area (Å²) in [5.74, 6) is 2.35. The van der Waals surface area contributed by atoms with Gasteiger partial charge in [-0.1, -0.05) is 11.8 Å². The number of anilines is 1. The summed E-state index contributed by atoms with van der Waals surface area (Å²) in [5.41, 5.74) is 7.44. The Morgan fingerprint density at radius 2 is 2.03 bits per heavy atom. The number of piperidine rings is 1. The molecule has 2 aliphatic heterocycles. The molecule has 2 N–H and O–H groups in total. The number of nitrogens with two attached hydrogens (primary N) is 1. The number of ether oxygens (including phenoxy) is 3. The van der Waals surface area contributed by atoms with Gasteiger partial charge in [0.05, 0.1) is 0 Å². The van der Waals surface area contributed by atoms with E-state index < -0.39 is 6.10 Å². The minimum atomic E-state index is -0.399. The number of nitrogen functional groups attached to an aromatic ring is 1. The third kappa shape index (κ3) is 4.91. The largest absolute Gasteiger partial charge is 0.454 e. The number of fused-ring (bicyclic) bond motifs is 2. The van der Waals surface area contributed by atoms with Crippen molar-refractivity contribution >= 4 is 50.6 Å². The van der Waals surface area contributed by atoms with E-state index in [2.05, 4.69) is 30.5 Å². The van der Waals surface area contributed by atoms with E-state index in [1.165, 1.54) is 18.1 Å². The van der Waals surface area contributed by atoms with Crippen LogP contribution in [-0.2, 0) is 16.1 Å². The second-order valence-corrected chi connectivity index (χ2v) is 10.5. The lowest BCUT2D eigenvalue weighted by Crippen LogP contribution is -2.43. The number of benzene rings is 1. The van der Waals surface area contributed by atoms with Crippen LogP contribution in [0.4, 0.5) is 5.82 Å². The Morgan fingerprint density at radius 1 is 1.29 bits per heavy atom. The lowest BCUT2D eigenvalue weighted by atomic mass is 9.93. The first-order chi connectivity index (χ1) is 16.9. The van der Waals surface area contributed by atoms with Crippen molar-refractivity contribution < 1.29 is 19.0 Å². The zero-order valence-corrected chi connectivity index (χ0v) is 22.0. The van der Waals surface area contributed by atoms with Crippen molar-refractivity contribution in [2.24, 2.45) is 5.92 Å². The Kier molecular flexibility index (Phi) is 7.03. The first-order valence-electron chi connectivity index (χ1n) is 11.5. The molecule has 1 amide bonds. The first kappa shape index (κ1) is 24.1. The molecule has 0 bridgehead atoms. The standard InChI is InChI=1S/C23H27BrN6O4S/c1-13(32-2)22(31)29-6-3-14(4-7-29)5-8-30-21-19(20(25)26-11-27-21)28-23(30)35-18-10-17-16(9-15(18)24)33-12-34-17/h9-11,13-14H,3-8,12H2,1-2H3,(H2,25,26,27)/t13-/m1/s1. The minimum Gasteiger partial charge on any atom is -0.454 e. The third-order valence-corrected chi connectivity index (χ3v) is 8.51. The molecule has 0 unspecified atom stereocenters. The summed E-state index contributed by atoms with van der Waals surface area (Å²) in [4.78, 5) is 28.7. The highest BCUT2D eigenvalue weighted by molar-refractivity contribution is 9.10. The first-order valence-corrected chi connectivity index (χ1v) is 13.1. The molecule has 186 valence electrons. The second kappa shape index (κ2) is 10.2. The number of aryl methyl sites for hydroxylation is 1. The number of hydrogen-bond acceptors (Lipinski definition) is 9. The molecule has 1 saturated heterocycles. The fourth-order valence-electron chi connectivity index (χ4n) is 4.40. The van der Waals surface area contributed by atoms with Crippen LogP contribution in [0.1, 0.15) is 26.2 Å². The Morgan fingerprint density at radius 3 is 2.77 bits per heavy atom. The van der Waals surface area contributed by atoms with Crippen LogP contribution in [0.5, 0.6) is 11.5 Å². The van der Waals surface area contributed by atoms with E-state index in [1.54, 1.807) is 14.0 Å².